The Hall–Kier alpha value is -3.57. The zero-order valence-corrected chi connectivity index (χ0v) is 15.3. The number of hydrogen-bond acceptors (Lipinski definition) is 7. The highest BCUT2D eigenvalue weighted by Gasteiger charge is 2.19. The molecular formula is C17H14N6O4S. The SMILES string of the molecule is CNS(=O)(=O)c1cccc(Nc2nc3c(C(=O)O)[nH]nc3c3cnccc23)c1. The molecule has 3 aromatic heterocycles. The smallest absolute Gasteiger partial charge is 0.356 e. The van der Waals surface area contributed by atoms with E-state index in [-0.39, 0.29) is 16.1 Å². The zero-order chi connectivity index (χ0) is 19.9. The molecule has 142 valence electrons. The van der Waals surface area contributed by atoms with Gasteiger partial charge in [-0.3, -0.25) is 10.1 Å². The predicted octanol–water partition coefficient (Wildman–Crippen LogP) is 1.86. The summed E-state index contributed by atoms with van der Waals surface area (Å²) in [4.78, 5) is 20.0. The number of H-pyrrole nitrogens is 1. The lowest BCUT2D eigenvalue weighted by Crippen LogP contribution is -2.18. The van der Waals surface area contributed by atoms with E-state index < -0.39 is 16.0 Å². The molecule has 0 spiro atoms. The summed E-state index contributed by atoms with van der Waals surface area (Å²) < 4.78 is 26.3. The fourth-order valence-electron chi connectivity index (χ4n) is 2.83. The van der Waals surface area contributed by atoms with Crippen LogP contribution in [-0.2, 0) is 10.0 Å². The number of pyridine rings is 2. The Bertz CT molecular complexity index is 1330. The third-order valence-electron chi connectivity index (χ3n) is 4.19. The molecular weight excluding hydrogens is 384 g/mol. The molecule has 0 amide bonds. The van der Waals surface area contributed by atoms with E-state index in [4.69, 9.17) is 0 Å². The molecule has 28 heavy (non-hydrogen) atoms. The van der Waals surface area contributed by atoms with E-state index in [0.29, 0.717) is 27.8 Å². The molecule has 1 aromatic carbocycles. The monoisotopic (exact) mass is 398 g/mol. The highest BCUT2D eigenvalue weighted by Crippen LogP contribution is 2.31. The van der Waals surface area contributed by atoms with Crippen LogP contribution < -0.4 is 10.0 Å². The third-order valence-corrected chi connectivity index (χ3v) is 5.60. The van der Waals surface area contributed by atoms with Crippen molar-refractivity contribution in [1.82, 2.24) is 24.9 Å². The molecule has 4 aromatic rings. The summed E-state index contributed by atoms with van der Waals surface area (Å²) in [6.45, 7) is 0. The van der Waals surface area contributed by atoms with Crippen LogP contribution in [0.5, 0.6) is 0 Å². The average molecular weight is 398 g/mol. The summed E-state index contributed by atoms with van der Waals surface area (Å²) in [7, 11) is -2.28. The van der Waals surface area contributed by atoms with E-state index in [2.05, 4.69) is 30.2 Å². The lowest BCUT2D eigenvalue weighted by Gasteiger charge is -2.11. The minimum absolute atomic E-state index is 0.0848. The minimum atomic E-state index is -3.61. The third kappa shape index (κ3) is 2.92. The molecule has 0 saturated heterocycles. The standard InChI is InChI=1S/C17H14N6O4S/c1-18-28(26,27)10-4-2-3-9(7-10)20-16-11-5-6-19-8-12(11)13-14(21-16)15(17(24)25)23-22-13/h2-8,18H,1H3,(H,20,21)(H,22,23)(H,24,25). The highest BCUT2D eigenvalue weighted by molar-refractivity contribution is 7.89. The van der Waals surface area contributed by atoms with Crippen LogP contribution in [0.15, 0.2) is 47.6 Å². The van der Waals surface area contributed by atoms with Crippen molar-refractivity contribution in [2.45, 2.75) is 4.90 Å². The second kappa shape index (κ2) is 6.55. The second-order valence-electron chi connectivity index (χ2n) is 5.84. The number of fused-ring (bicyclic) bond motifs is 3. The number of aromatic carboxylic acids is 1. The molecule has 4 rings (SSSR count). The van der Waals surface area contributed by atoms with Gasteiger partial charge in [0.05, 0.1) is 4.90 Å². The maximum absolute atomic E-state index is 12.0. The molecule has 3 heterocycles. The Morgan fingerprint density at radius 3 is 2.75 bits per heavy atom. The van der Waals surface area contributed by atoms with Crippen molar-refractivity contribution < 1.29 is 18.3 Å². The van der Waals surface area contributed by atoms with Crippen LogP contribution in [0.25, 0.3) is 21.8 Å². The molecule has 0 bridgehead atoms. The summed E-state index contributed by atoms with van der Waals surface area (Å²) >= 11 is 0. The fourth-order valence-corrected chi connectivity index (χ4v) is 3.61. The number of carboxylic acids is 1. The maximum Gasteiger partial charge on any atom is 0.356 e. The number of aromatic amines is 1. The number of aromatic nitrogens is 4. The van der Waals surface area contributed by atoms with Gasteiger partial charge >= 0.3 is 5.97 Å². The second-order valence-corrected chi connectivity index (χ2v) is 7.73. The molecule has 0 aliphatic rings. The van der Waals surface area contributed by atoms with Crippen LogP contribution in [0.2, 0.25) is 0 Å². The lowest BCUT2D eigenvalue weighted by atomic mass is 10.1. The summed E-state index contributed by atoms with van der Waals surface area (Å²) in [6.07, 6.45) is 3.15. The molecule has 11 heteroatoms. The number of carbonyl (C=O) groups is 1. The van der Waals surface area contributed by atoms with E-state index in [1.165, 1.54) is 19.2 Å². The molecule has 0 aliphatic heterocycles. The number of nitrogens with zero attached hydrogens (tertiary/aromatic N) is 3. The Morgan fingerprint density at radius 1 is 1.18 bits per heavy atom. The van der Waals surface area contributed by atoms with Crippen molar-refractivity contribution >= 4 is 49.3 Å². The summed E-state index contributed by atoms with van der Waals surface area (Å²) in [5.74, 6) is -0.834. The lowest BCUT2D eigenvalue weighted by molar-refractivity contribution is 0.0692. The Balaban J connectivity index is 1.90. The van der Waals surface area contributed by atoms with Crippen molar-refractivity contribution in [1.29, 1.82) is 0 Å². The molecule has 10 nitrogen and oxygen atoms in total. The number of carboxylic acid groups (broad SMARTS) is 1. The van der Waals surface area contributed by atoms with E-state index in [9.17, 15) is 18.3 Å². The van der Waals surface area contributed by atoms with Crippen LogP contribution in [-0.4, -0.2) is 46.7 Å². The quantitative estimate of drug-likeness (QED) is 0.398. The largest absolute Gasteiger partial charge is 0.476 e. The van der Waals surface area contributed by atoms with Gasteiger partial charge in [-0.15, -0.1) is 0 Å². The van der Waals surface area contributed by atoms with E-state index >= 15 is 0 Å². The first kappa shape index (κ1) is 17.8. The topological polar surface area (TPSA) is 150 Å². The molecule has 0 saturated carbocycles. The Labute approximate surface area is 158 Å². The van der Waals surface area contributed by atoms with Gasteiger partial charge < -0.3 is 10.4 Å². The van der Waals surface area contributed by atoms with Crippen LogP contribution in [0, 0.1) is 0 Å². The van der Waals surface area contributed by atoms with E-state index in [1.807, 2.05) is 0 Å². The summed E-state index contributed by atoms with van der Waals surface area (Å²) in [6, 6.07) is 7.91. The molecule has 0 unspecified atom stereocenters. The molecule has 0 atom stereocenters. The summed E-state index contributed by atoms with van der Waals surface area (Å²) in [5.41, 5.74) is 0.893. The molecule has 0 aliphatic carbocycles. The van der Waals surface area contributed by atoms with Gasteiger partial charge in [0.1, 0.15) is 16.9 Å². The number of benzene rings is 1. The van der Waals surface area contributed by atoms with Gasteiger partial charge in [-0.25, -0.2) is 22.9 Å². The van der Waals surface area contributed by atoms with Gasteiger partial charge in [-0.05, 0) is 31.3 Å². The van der Waals surface area contributed by atoms with Crippen molar-refractivity contribution in [2.24, 2.45) is 0 Å². The van der Waals surface area contributed by atoms with Gasteiger partial charge in [0, 0.05) is 28.9 Å². The highest BCUT2D eigenvalue weighted by atomic mass is 32.2. The van der Waals surface area contributed by atoms with Gasteiger partial charge in [0.15, 0.2) is 5.69 Å². The first-order chi connectivity index (χ1) is 13.4. The van der Waals surface area contributed by atoms with Crippen LogP contribution in [0.1, 0.15) is 10.5 Å². The Morgan fingerprint density at radius 2 is 2.00 bits per heavy atom. The zero-order valence-electron chi connectivity index (χ0n) is 14.5. The van der Waals surface area contributed by atoms with Crippen LogP contribution in [0.3, 0.4) is 0 Å². The molecule has 4 N–H and O–H groups in total. The van der Waals surface area contributed by atoms with E-state index in [1.54, 1.807) is 30.6 Å². The number of sulfonamides is 1. The number of anilines is 2. The van der Waals surface area contributed by atoms with Crippen molar-refractivity contribution in [3.63, 3.8) is 0 Å². The minimum Gasteiger partial charge on any atom is -0.476 e. The van der Waals surface area contributed by atoms with Crippen molar-refractivity contribution in [3.05, 3.63) is 48.4 Å². The van der Waals surface area contributed by atoms with Gasteiger partial charge in [0.25, 0.3) is 0 Å². The maximum atomic E-state index is 12.0. The first-order valence-electron chi connectivity index (χ1n) is 8.06. The normalized spacial score (nSPS) is 11.8. The van der Waals surface area contributed by atoms with Crippen LogP contribution >= 0.6 is 0 Å². The van der Waals surface area contributed by atoms with Gasteiger partial charge in [-0.1, -0.05) is 6.07 Å². The first-order valence-corrected chi connectivity index (χ1v) is 9.55. The number of rotatable bonds is 5. The molecule has 0 radical (unpaired) electrons. The Kier molecular flexibility index (Phi) is 4.17. The number of hydrogen-bond donors (Lipinski definition) is 4. The fraction of sp³-hybridized carbons (Fsp3) is 0.0588. The van der Waals surface area contributed by atoms with Gasteiger partial charge in [-0.2, -0.15) is 5.10 Å². The summed E-state index contributed by atoms with van der Waals surface area (Å²) in [5, 5.41) is 20.2. The predicted molar refractivity (Wildman–Crippen MR) is 102 cm³/mol. The van der Waals surface area contributed by atoms with Gasteiger partial charge in [0.2, 0.25) is 10.0 Å². The number of nitrogens with one attached hydrogen (secondary N) is 3. The molecule has 0 fully saturated rings. The van der Waals surface area contributed by atoms with Crippen molar-refractivity contribution in [2.75, 3.05) is 12.4 Å². The van der Waals surface area contributed by atoms with Crippen LogP contribution in [0.4, 0.5) is 11.5 Å². The van der Waals surface area contributed by atoms with Crippen molar-refractivity contribution in [3.8, 4) is 0 Å². The average Bonchev–Trinajstić information content (AvgIpc) is 3.13. The van der Waals surface area contributed by atoms with E-state index in [0.717, 1.165) is 0 Å².